The van der Waals surface area contributed by atoms with Gasteiger partial charge in [-0.15, -0.1) is 0 Å². The number of aliphatic hydroxyl groups is 1. The van der Waals surface area contributed by atoms with E-state index in [0.717, 1.165) is 4.57 Å². The summed E-state index contributed by atoms with van der Waals surface area (Å²) < 4.78 is 38.8. The van der Waals surface area contributed by atoms with Crippen LogP contribution in [0, 0.1) is 0 Å². The van der Waals surface area contributed by atoms with Gasteiger partial charge in [0.15, 0.2) is 0 Å². The molecule has 158 valence electrons. The van der Waals surface area contributed by atoms with Crippen LogP contribution < -0.4 is 30.9 Å². The first-order valence-corrected chi connectivity index (χ1v) is 8.90. The third kappa shape index (κ3) is 4.19. The highest BCUT2D eigenvalue weighted by atomic mass is 19.3. The number of hydrogen-bond acceptors (Lipinski definition) is 7. The molecule has 3 rings (SSSR count). The predicted octanol–water partition coefficient (Wildman–Crippen LogP) is 1.15. The van der Waals surface area contributed by atoms with E-state index in [0.29, 0.717) is 6.92 Å². The monoisotopic (exact) mass is 412 g/mol. The van der Waals surface area contributed by atoms with Crippen LogP contribution in [-0.2, 0) is 13.6 Å². The van der Waals surface area contributed by atoms with Crippen molar-refractivity contribution in [2.45, 2.75) is 32.3 Å². The number of ether oxygens (including phenoxy) is 2. The number of nitrogens with one attached hydrogen (secondary N) is 1. The molecule has 1 aliphatic rings. The Balaban J connectivity index is 1.88. The quantitative estimate of drug-likeness (QED) is 0.704. The first kappa shape index (κ1) is 20.6. The summed E-state index contributed by atoms with van der Waals surface area (Å²) in [5.41, 5.74) is -0.813. The molecule has 2 N–H and O–H groups in total. The number of halogens is 2. The fourth-order valence-electron chi connectivity index (χ4n) is 3.05. The molecule has 2 heterocycles. The Bertz CT molecular complexity index is 1010. The Kier molecular flexibility index (Phi) is 5.51. The molecule has 0 bridgehead atoms. The van der Waals surface area contributed by atoms with E-state index in [4.69, 9.17) is 9.84 Å². The second-order valence-corrected chi connectivity index (χ2v) is 6.68. The molecule has 0 aliphatic carbocycles. The van der Waals surface area contributed by atoms with Crippen molar-refractivity contribution in [2.75, 3.05) is 23.9 Å². The zero-order chi connectivity index (χ0) is 21.3. The maximum absolute atomic E-state index is 13.1. The van der Waals surface area contributed by atoms with Gasteiger partial charge in [0.05, 0.1) is 0 Å². The van der Waals surface area contributed by atoms with Crippen LogP contribution in [0.15, 0.2) is 33.9 Å². The summed E-state index contributed by atoms with van der Waals surface area (Å²) in [5.74, 6) is 0.432. The zero-order valence-electron chi connectivity index (χ0n) is 16.2. The molecule has 0 saturated heterocycles. The van der Waals surface area contributed by atoms with Crippen LogP contribution in [0.25, 0.3) is 0 Å². The highest BCUT2D eigenvalue weighted by molar-refractivity contribution is 5.71. The van der Waals surface area contributed by atoms with E-state index in [-0.39, 0.29) is 42.6 Å². The van der Waals surface area contributed by atoms with E-state index >= 15 is 0 Å². The summed E-state index contributed by atoms with van der Waals surface area (Å²) in [6, 6.07) is 5.72. The van der Waals surface area contributed by atoms with Crippen LogP contribution in [0.2, 0.25) is 0 Å². The normalized spacial score (nSPS) is 15.8. The molecule has 1 unspecified atom stereocenters. The SMILES string of the molecule is CN1c2c(n(C)c(=O)n(CCCO)c2=O)NC1Oc1cccc(OC(C)(F)F)c1. The number of nitrogens with zero attached hydrogens (tertiary/aromatic N) is 3. The number of alkyl halides is 2. The molecule has 0 radical (unpaired) electrons. The Labute approximate surface area is 164 Å². The second-order valence-electron chi connectivity index (χ2n) is 6.68. The largest absolute Gasteiger partial charge is 0.452 e. The number of aromatic nitrogens is 2. The Hall–Kier alpha value is -3.08. The van der Waals surface area contributed by atoms with Gasteiger partial charge >= 0.3 is 11.8 Å². The minimum absolute atomic E-state index is 0.0769. The molecule has 0 amide bonds. The summed E-state index contributed by atoms with van der Waals surface area (Å²) in [4.78, 5) is 26.8. The standard InChI is InChI=1S/C18H22F2N4O5/c1-18(19,20)29-12-7-4-6-11(10-12)28-16-21-14-13(22(16)2)15(26)24(8-5-9-25)17(27)23(14)3/h4,6-7,10,16,21,25H,5,8-9H2,1-3H3. The molecular formula is C18H22F2N4O5. The van der Waals surface area contributed by atoms with Crippen LogP contribution in [-0.4, -0.2) is 40.4 Å². The molecule has 29 heavy (non-hydrogen) atoms. The minimum Gasteiger partial charge on any atom is -0.452 e. The molecule has 0 fully saturated rings. The van der Waals surface area contributed by atoms with Gasteiger partial charge in [-0.25, -0.2) is 4.79 Å². The molecule has 9 nitrogen and oxygen atoms in total. The van der Waals surface area contributed by atoms with E-state index in [1.807, 2.05) is 0 Å². The van der Waals surface area contributed by atoms with Gasteiger partial charge in [-0.3, -0.25) is 13.9 Å². The summed E-state index contributed by atoms with van der Waals surface area (Å²) in [6.07, 6.45) is -3.93. The van der Waals surface area contributed by atoms with Gasteiger partial charge in [-0.2, -0.15) is 8.78 Å². The van der Waals surface area contributed by atoms with E-state index in [1.165, 1.54) is 34.7 Å². The lowest BCUT2D eigenvalue weighted by Crippen LogP contribution is -2.42. The average Bonchev–Trinajstić information content (AvgIpc) is 2.95. The molecule has 0 spiro atoms. The van der Waals surface area contributed by atoms with Crippen molar-refractivity contribution in [2.24, 2.45) is 7.05 Å². The van der Waals surface area contributed by atoms with Crippen LogP contribution in [0.4, 0.5) is 20.3 Å². The summed E-state index contributed by atoms with van der Waals surface area (Å²) in [7, 11) is 3.11. The molecule has 1 aromatic heterocycles. The fraction of sp³-hybridized carbons (Fsp3) is 0.444. The molecule has 1 atom stereocenters. The lowest BCUT2D eigenvalue weighted by Gasteiger charge is -2.22. The highest BCUT2D eigenvalue weighted by Gasteiger charge is 2.34. The van der Waals surface area contributed by atoms with E-state index in [2.05, 4.69) is 10.1 Å². The van der Waals surface area contributed by atoms with Crippen molar-refractivity contribution in [3.63, 3.8) is 0 Å². The molecule has 0 saturated carbocycles. The van der Waals surface area contributed by atoms with Gasteiger partial charge in [-0.1, -0.05) is 6.07 Å². The topological polar surface area (TPSA) is 98.0 Å². The van der Waals surface area contributed by atoms with Gasteiger partial charge in [0.1, 0.15) is 23.0 Å². The molecule has 11 heteroatoms. The van der Waals surface area contributed by atoms with Gasteiger partial charge in [0.2, 0.25) is 0 Å². The first-order valence-electron chi connectivity index (χ1n) is 8.90. The van der Waals surface area contributed by atoms with Gasteiger partial charge in [0, 0.05) is 40.2 Å². The second kappa shape index (κ2) is 7.74. The Morgan fingerprint density at radius 3 is 2.59 bits per heavy atom. The van der Waals surface area contributed by atoms with Crippen molar-refractivity contribution in [3.05, 3.63) is 45.1 Å². The molecular weight excluding hydrogens is 390 g/mol. The fourth-order valence-corrected chi connectivity index (χ4v) is 3.05. The summed E-state index contributed by atoms with van der Waals surface area (Å²) >= 11 is 0. The highest BCUT2D eigenvalue weighted by Crippen LogP contribution is 2.31. The maximum Gasteiger partial charge on any atom is 0.394 e. The number of benzene rings is 1. The third-order valence-corrected chi connectivity index (χ3v) is 4.38. The lowest BCUT2D eigenvalue weighted by molar-refractivity contribution is -0.159. The Morgan fingerprint density at radius 1 is 1.24 bits per heavy atom. The average molecular weight is 412 g/mol. The van der Waals surface area contributed by atoms with Crippen LogP contribution in [0.3, 0.4) is 0 Å². The van der Waals surface area contributed by atoms with Crippen molar-refractivity contribution in [3.8, 4) is 11.5 Å². The molecule has 2 aromatic rings. The van der Waals surface area contributed by atoms with Gasteiger partial charge in [0.25, 0.3) is 11.9 Å². The van der Waals surface area contributed by atoms with Crippen molar-refractivity contribution in [1.82, 2.24) is 9.13 Å². The number of aliphatic hydroxyl groups excluding tert-OH is 1. The summed E-state index contributed by atoms with van der Waals surface area (Å²) in [5, 5.41) is 11.9. The number of fused-ring (bicyclic) bond motifs is 1. The van der Waals surface area contributed by atoms with E-state index < -0.39 is 23.7 Å². The molecule has 1 aromatic carbocycles. The van der Waals surface area contributed by atoms with Crippen molar-refractivity contribution >= 4 is 11.5 Å². The van der Waals surface area contributed by atoms with E-state index in [1.54, 1.807) is 13.1 Å². The van der Waals surface area contributed by atoms with Crippen LogP contribution in [0.1, 0.15) is 13.3 Å². The minimum atomic E-state index is -3.34. The first-order chi connectivity index (χ1) is 13.6. The molecule has 1 aliphatic heterocycles. The van der Waals surface area contributed by atoms with Crippen molar-refractivity contribution in [1.29, 1.82) is 0 Å². The summed E-state index contributed by atoms with van der Waals surface area (Å²) in [6.45, 7) is 0.562. The lowest BCUT2D eigenvalue weighted by atomic mass is 10.3. The van der Waals surface area contributed by atoms with E-state index in [9.17, 15) is 18.4 Å². The van der Waals surface area contributed by atoms with Crippen LogP contribution >= 0.6 is 0 Å². The predicted molar refractivity (Wildman–Crippen MR) is 102 cm³/mol. The van der Waals surface area contributed by atoms with Gasteiger partial charge in [-0.05, 0) is 18.6 Å². The third-order valence-electron chi connectivity index (χ3n) is 4.38. The Morgan fingerprint density at radius 2 is 1.93 bits per heavy atom. The smallest absolute Gasteiger partial charge is 0.394 e. The number of rotatable bonds is 7. The van der Waals surface area contributed by atoms with Gasteiger partial charge < -0.3 is 24.8 Å². The van der Waals surface area contributed by atoms with Crippen LogP contribution in [0.5, 0.6) is 11.5 Å². The number of anilines is 2. The van der Waals surface area contributed by atoms with Crippen molar-refractivity contribution < 1.29 is 23.4 Å². The maximum atomic E-state index is 13.1. The zero-order valence-corrected chi connectivity index (χ0v) is 16.2. The number of hydrogen-bond donors (Lipinski definition) is 2.